The molecule has 122 valence electrons. The minimum absolute atomic E-state index is 0.237. The molecule has 0 bridgehead atoms. The SMILES string of the molecule is C/C=C1/Oc2ccccc2B2C1=C(C)n1c(C)c(C)c3cccc2c31. The average molecular weight is 325 g/mol. The van der Waals surface area contributed by atoms with Crippen LogP contribution in [0.3, 0.4) is 0 Å². The van der Waals surface area contributed by atoms with E-state index in [0.717, 1.165) is 11.5 Å². The van der Waals surface area contributed by atoms with Gasteiger partial charge in [0.2, 0.25) is 0 Å². The van der Waals surface area contributed by atoms with Crippen LogP contribution in [-0.2, 0) is 0 Å². The predicted molar refractivity (Wildman–Crippen MR) is 106 cm³/mol. The Morgan fingerprint density at radius 2 is 1.72 bits per heavy atom. The molecule has 2 nitrogen and oxygen atoms in total. The number of aromatic nitrogens is 1. The molecule has 25 heavy (non-hydrogen) atoms. The standard InChI is InChI=1S/C22H20BNO/c1-5-19-21-15(4)24-14(3)13(2)16-9-8-11-18(22(16)24)23(21)17-10-6-7-12-20(17)25-19/h5-12H,1-4H3/b19-5+. The smallest absolute Gasteiger partial charge is 0.255 e. The first kappa shape index (κ1) is 14.6. The number of ether oxygens (including phenoxy) is 1. The molecule has 5 rings (SSSR count). The second-order valence-electron chi connectivity index (χ2n) is 7.01. The Morgan fingerprint density at radius 1 is 0.960 bits per heavy atom. The highest BCUT2D eigenvalue weighted by Gasteiger charge is 2.40. The van der Waals surface area contributed by atoms with Crippen LogP contribution in [0.25, 0.3) is 16.6 Å². The summed E-state index contributed by atoms with van der Waals surface area (Å²) in [4.78, 5) is 0. The van der Waals surface area contributed by atoms with Crippen molar-refractivity contribution in [2.45, 2.75) is 27.7 Å². The molecule has 0 aliphatic carbocycles. The Balaban J connectivity index is 1.98. The summed E-state index contributed by atoms with van der Waals surface area (Å²) in [5.41, 5.74) is 9.26. The van der Waals surface area contributed by atoms with Crippen molar-refractivity contribution in [2.24, 2.45) is 0 Å². The molecule has 1 aromatic heterocycles. The number of nitrogens with zero attached hydrogens (tertiary/aromatic N) is 1. The Labute approximate surface area is 148 Å². The zero-order chi connectivity index (χ0) is 17.3. The average Bonchev–Trinajstić information content (AvgIpc) is 2.90. The minimum atomic E-state index is 0.237. The van der Waals surface area contributed by atoms with Gasteiger partial charge in [0.25, 0.3) is 6.71 Å². The molecule has 0 unspecified atom stereocenters. The molecule has 2 aliphatic rings. The normalized spacial score (nSPS) is 17.0. The van der Waals surface area contributed by atoms with Crippen molar-refractivity contribution < 1.29 is 4.74 Å². The van der Waals surface area contributed by atoms with E-state index in [-0.39, 0.29) is 6.71 Å². The molecule has 0 saturated carbocycles. The second kappa shape index (κ2) is 4.92. The quantitative estimate of drug-likeness (QED) is 0.571. The number of benzene rings is 2. The van der Waals surface area contributed by atoms with Gasteiger partial charge >= 0.3 is 0 Å². The van der Waals surface area contributed by atoms with Crippen LogP contribution in [0.4, 0.5) is 0 Å². The van der Waals surface area contributed by atoms with Crippen LogP contribution in [0, 0.1) is 13.8 Å². The zero-order valence-electron chi connectivity index (χ0n) is 15.1. The minimum Gasteiger partial charge on any atom is -0.459 e. The van der Waals surface area contributed by atoms with E-state index in [1.54, 1.807) is 0 Å². The van der Waals surface area contributed by atoms with Crippen molar-refractivity contribution in [1.29, 1.82) is 0 Å². The van der Waals surface area contributed by atoms with E-state index in [9.17, 15) is 0 Å². The number of para-hydroxylation sites is 2. The Hall–Kier alpha value is -2.68. The van der Waals surface area contributed by atoms with Crippen molar-refractivity contribution in [2.75, 3.05) is 0 Å². The van der Waals surface area contributed by atoms with Gasteiger partial charge in [-0.1, -0.05) is 36.4 Å². The van der Waals surface area contributed by atoms with Crippen molar-refractivity contribution in [1.82, 2.24) is 4.57 Å². The number of allylic oxidation sites excluding steroid dienone is 3. The summed E-state index contributed by atoms with van der Waals surface area (Å²) in [6.45, 7) is 8.97. The fourth-order valence-electron chi connectivity index (χ4n) is 4.62. The van der Waals surface area contributed by atoms with E-state index in [1.165, 1.54) is 44.3 Å². The molecular weight excluding hydrogens is 305 g/mol. The number of hydrogen-bond acceptors (Lipinski definition) is 1. The highest BCUT2D eigenvalue weighted by molar-refractivity contribution is 6.94. The van der Waals surface area contributed by atoms with Crippen molar-refractivity contribution in [3.63, 3.8) is 0 Å². The Kier molecular flexibility index (Phi) is 2.88. The third-order valence-corrected chi connectivity index (χ3v) is 5.88. The molecule has 3 heteroatoms. The summed E-state index contributed by atoms with van der Waals surface area (Å²) in [5, 5.41) is 1.36. The molecule has 3 heterocycles. The summed E-state index contributed by atoms with van der Waals surface area (Å²) < 4.78 is 8.69. The van der Waals surface area contributed by atoms with E-state index < -0.39 is 0 Å². The second-order valence-corrected chi connectivity index (χ2v) is 7.01. The summed E-state index contributed by atoms with van der Waals surface area (Å²) in [7, 11) is 0. The molecular formula is C22H20BNO. The summed E-state index contributed by atoms with van der Waals surface area (Å²) in [5.74, 6) is 1.96. The lowest BCUT2D eigenvalue weighted by atomic mass is 9.33. The highest BCUT2D eigenvalue weighted by atomic mass is 16.5. The molecule has 0 atom stereocenters. The summed E-state index contributed by atoms with van der Waals surface area (Å²) in [6.07, 6.45) is 2.10. The molecule has 0 fully saturated rings. The molecule has 2 aromatic carbocycles. The van der Waals surface area contributed by atoms with Crippen molar-refractivity contribution >= 4 is 34.2 Å². The van der Waals surface area contributed by atoms with Crippen molar-refractivity contribution in [3.8, 4) is 5.75 Å². The third kappa shape index (κ3) is 1.71. The van der Waals surface area contributed by atoms with Crippen LogP contribution in [0.2, 0.25) is 0 Å². The lowest BCUT2D eigenvalue weighted by molar-refractivity contribution is 0.439. The van der Waals surface area contributed by atoms with Crippen LogP contribution in [0.1, 0.15) is 25.1 Å². The lowest BCUT2D eigenvalue weighted by Crippen LogP contribution is -2.51. The van der Waals surface area contributed by atoms with Gasteiger partial charge in [-0.15, -0.1) is 0 Å². The van der Waals surface area contributed by atoms with Gasteiger partial charge in [0.15, 0.2) is 0 Å². The van der Waals surface area contributed by atoms with Gasteiger partial charge in [-0.3, -0.25) is 0 Å². The number of rotatable bonds is 0. The maximum absolute atomic E-state index is 6.27. The van der Waals surface area contributed by atoms with Crippen LogP contribution >= 0.6 is 0 Å². The topological polar surface area (TPSA) is 14.2 Å². The Morgan fingerprint density at radius 3 is 2.52 bits per heavy atom. The molecule has 0 saturated heterocycles. The van der Waals surface area contributed by atoms with Gasteiger partial charge in [-0.25, -0.2) is 0 Å². The van der Waals surface area contributed by atoms with Crippen LogP contribution in [0.5, 0.6) is 5.75 Å². The largest absolute Gasteiger partial charge is 0.459 e. The predicted octanol–water partition coefficient (Wildman–Crippen LogP) is 3.95. The monoisotopic (exact) mass is 325 g/mol. The fraction of sp³-hybridized carbons (Fsp3) is 0.182. The number of hydrogen-bond donors (Lipinski definition) is 0. The first-order chi connectivity index (χ1) is 12.1. The Bertz CT molecular complexity index is 1120. The molecule has 2 aliphatic heterocycles. The van der Waals surface area contributed by atoms with E-state index >= 15 is 0 Å². The molecule has 3 aromatic rings. The first-order valence-corrected chi connectivity index (χ1v) is 8.88. The third-order valence-electron chi connectivity index (χ3n) is 5.88. The lowest BCUT2D eigenvalue weighted by Gasteiger charge is -2.34. The van der Waals surface area contributed by atoms with Crippen LogP contribution in [0.15, 0.2) is 59.8 Å². The molecule has 0 radical (unpaired) electrons. The number of fused-ring (bicyclic) bond motifs is 4. The van der Waals surface area contributed by atoms with Crippen molar-refractivity contribution in [3.05, 3.63) is 71.0 Å². The van der Waals surface area contributed by atoms with E-state index in [0.29, 0.717) is 0 Å². The van der Waals surface area contributed by atoms with Gasteiger partial charge in [-0.2, -0.15) is 0 Å². The maximum atomic E-state index is 6.27. The van der Waals surface area contributed by atoms with Gasteiger partial charge in [0.1, 0.15) is 11.5 Å². The van der Waals surface area contributed by atoms with Gasteiger partial charge in [0, 0.05) is 22.3 Å². The first-order valence-electron chi connectivity index (χ1n) is 8.88. The van der Waals surface area contributed by atoms with Gasteiger partial charge in [0.05, 0.1) is 0 Å². The maximum Gasteiger partial charge on any atom is 0.255 e. The number of aryl methyl sites for hydroxylation is 1. The van der Waals surface area contributed by atoms with Gasteiger partial charge < -0.3 is 9.30 Å². The highest BCUT2D eigenvalue weighted by Crippen LogP contribution is 2.38. The van der Waals surface area contributed by atoms with E-state index in [1.807, 2.05) is 6.07 Å². The van der Waals surface area contributed by atoms with Crippen LogP contribution < -0.4 is 15.7 Å². The summed E-state index contributed by atoms with van der Waals surface area (Å²) in [6, 6.07) is 15.2. The van der Waals surface area contributed by atoms with E-state index in [4.69, 9.17) is 4.74 Å². The molecule has 0 amide bonds. The van der Waals surface area contributed by atoms with Gasteiger partial charge in [-0.05, 0) is 61.8 Å². The fourth-order valence-corrected chi connectivity index (χ4v) is 4.62. The molecule has 0 spiro atoms. The van der Waals surface area contributed by atoms with Crippen LogP contribution in [-0.4, -0.2) is 11.3 Å². The van der Waals surface area contributed by atoms with E-state index in [2.05, 4.69) is 74.7 Å². The zero-order valence-corrected chi connectivity index (χ0v) is 15.1. The summed E-state index contributed by atoms with van der Waals surface area (Å²) >= 11 is 0. The molecule has 0 N–H and O–H groups in total.